The first-order valence-electron chi connectivity index (χ1n) is 14.9. The number of amides is 2. The molecule has 0 radical (unpaired) electrons. The third-order valence-corrected chi connectivity index (χ3v) is 8.25. The number of nitrogens with one attached hydrogen (secondary N) is 4. The van der Waals surface area contributed by atoms with Crippen molar-refractivity contribution in [2.24, 2.45) is 0 Å². The predicted octanol–water partition coefficient (Wildman–Crippen LogP) is 5.54. The van der Waals surface area contributed by atoms with Gasteiger partial charge >= 0.3 is 0 Å². The van der Waals surface area contributed by atoms with Crippen LogP contribution in [0.5, 0.6) is 11.6 Å². The molecule has 13 heteroatoms. The van der Waals surface area contributed by atoms with E-state index in [9.17, 15) is 9.59 Å². The molecule has 4 heterocycles. The molecule has 4 N–H and O–H groups in total. The number of hydrogen-bond donors (Lipinski definition) is 4. The van der Waals surface area contributed by atoms with E-state index in [1.807, 2.05) is 48.0 Å². The van der Waals surface area contributed by atoms with Gasteiger partial charge in [0, 0.05) is 66.7 Å². The van der Waals surface area contributed by atoms with Crippen molar-refractivity contribution < 1.29 is 19.1 Å². The molecule has 0 atom stereocenters. The number of carbonyl (C=O) groups excluding carboxylic acids is 2. The highest BCUT2D eigenvalue weighted by Gasteiger charge is 2.20. The number of aromatic nitrogens is 4. The van der Waals surface area contributed by atoms with Crippen LogP contribution in [-0.4, -0.2) is 52.3 Å². The van der Waals surface area contributed by atoms with Crippen LogP contribution >= 0.6 is 11.6 Å². The number of hydrogen-bond acceptors (Lipinski definition) is 9. The van der Waals surface area contributed by atoms with Crippen LogP contribution in [0.3, 0.4) is 0 Å². The number of carbonyl (C=O) groups is 2. The van der Waals surface area contributed by atoms with E-state index in [1.165, 1.54) is 0 Å². The summed E-state index contributed by atoms with van der Waals surface area (Å²) >= 11 is 6.85. The van der Waals surface area contributed by atoms with Crippen molar-refractivity contribution in [1.29, 1.82) is 0 Å². The van der Waals surface area contributed by atoms with Crippen LogP contribution in [0.2, 0.25) is 5.02 Å². The third-order valence-electron chi connectivity index (χ3n) is 7.84. The number of halogens is 1. The van der Waals surface area contributed by atoms with E-state index >= 15 is 0 Å². The third kappa shape index (κ3) is 6.88. The number of ether oxygens (including phenoxy) is 2. The fraction of sp³-hybridized carbons (Fsp3) is 0.206. The highest BCUT2D eigenvalue weighted by molar-refractivity contribution is 6.36. The van der Waals surface area contributed by atoms with Gasteiger partial charge in [-0.25, -0.2) is 4.98 Å². The normalized spacial score (nSPS) is 12.2. The Balaban J connectivity index is 1.17. The second kappa shape index (κ2) is 13.9. The summed E-state index contributed by atoms with van der Waals surface area (Å²) in [7, 11) is 3.10. The quantitative estimate of drug-likeness (QED) is 0.153. The Hall–Kier alpha value is -5.46. The van der Waals surface area contributed by atoms with Gasteiger partial charge in [-0.15, -0.1) is 0 Å². The molecule has 0 aliphatic carbocycles. The lowest BCUT2D eigenvalue weighted by molar-refractivity contribution is 0.101. The zero-order valence-corrected chi connectivity index (χ0v) is 26.8. The minimum Gasteiger partial charge on any atom is -0.496 e. The minimum atomic E-state index is -0.396. The standard InChI is InChI=1S/C34H33ClN8O4/c1-20-24(25-7-5-9-27(32(25)35)41-34(45)29-15-23-19-36-12-13-43(23)42-29)6-4-8-26(20)40-33(44)28-16-30(46-2)21(18-39-28)17-38-22-10-11-37-31(14-22)47-3/h4-11,14-16,18,36H,12-13,17,19H2,1-3H3,(H,37,38)(H,40,44)(H,41,45). The van der Waals surface area contributed by atoms with Gasteiger partial charge in [-0.1, -0.05) is 35.9 Å². The van der Waals surface area contributed by atoms with Crippen molar-refractivity contribution >= 4 is 40.5 Å². The maximum atomic E-state index is 13.3. The van der Waals surface area contributed by atoms with E-state index in [0.717, 1.165) is 34.6 Å². The van der Waals surface area contributed by atoms with E-state index in [4.69, 9.17) is 21.1 Å². The lowest BCUT2D eigenvalue weighted by Gasteiger charge is -2.16. The fourth-order valence-electron chi connectivity index (χ4n) is 5.32. The second-order valence-electron chi connectivity index (χ2n) is 10.8. The van der Waals surface area contributed by atoms with E-state index in [0.29, 0.717) is 58.9 Å². The van der Waals surface area contributed by atoms with E-state index in [1.54, 1.807) is 50.9 Å². The Morgan fingerprint density at radius 1 is 0.936 bits per heavy atom. The average Bonchev–Trinajstić information content (AvgIpc) is 3.54. The number of anilines is 3. The smallest absolute Gasteiger partial charge is 0.276 e. The molecule has 0 bridgehead atoms. The summed E-state index contributed by atoms with van der Waals surface area (Å²) in [5.74, 6) is 0.273. The number of methoxy groups -OCH3 is 2. The SMILES string of the molecule is COc1cc(NCc2cnc(C(=O)Nc3cccc(-c4cccc(NC(=O)c5cc6n(n5)CCNC6)c4Cl)c3C)cc2OC)ccn1. The minimum absolute atomic E-state index is 0.195. The summed E-state index contributed by atoms with van der Waals surface area (Å²) in [6, 6.07) is 18.0. The van der Waals surface area contributed by atoms with Gasteiger partial charge in [0.2, 0.25) is 5.88 Å². The molecule has 240 valence electrons. The van der Waals surface area contributed by atoms with Crippen molar-refractivity contribution in [2.75, 3.05) is 36.7 Å². The lowest BCUT2D eigenvalue weighted by Crippen LogP contribution is -2.28. The van der Waals surface area contributed by atoms with Crippen molar-refractivity contribution in [3.63, 3.8) is 0 Å². The van der Waals surface area contributed by atoms with Gasteiger partial charge in [-0.2, -0.15) is 5.10 Å². The molecule has 12 nitrogen and oxygen atoms in total. The Morgan fingerprint density at radius 2 is 1.70 bits per heavy atom. The van der Waals surface area contributed by atoms with E-state index in [2.05, 4.69) is 36.3 Å². The van der Waals surface area contributed by atoms with Crippen molar-refractivity contribution in [2.45, 2.75) is 26.6 Å². The Labute approximate surface area is 276 Å². The number of benzene rings is 2. The zero-order chi connectivity index (χ0) is 32.9. The molecular weight excluding hydrogens is 620 g/mol. The molecular formula is C34H33ClN8O4. The summed E-state index contributed by atoms with van der Waals surface area (Å²) in [5, 5.41) is 17.2. The van der Waals surface area contributed by atoms with Crippen LogP contribution < -0.4 is 30.7 Å². The Morgan fingerprint density at radius 3 is 2.49 bits per heavy atom. The number of nitrogens with zero attached hydrogens (tertiary/aromatic N) is 4. The monoisotopic (exact) mass is 652 g/mol. The van der Waals surface area contributed by atoms with Gasteiger partial charge in [-0.05, 0) is 42.3 Å². The van der Waals surface area contributed by atoms with E-state index in [-0.39, 0.29) is 11.6 Å². The summed E-state index contributed by atoms with van der Waals surface area (Å²) in [5.41, 5.74) is 6.41. The average molecular weight is 653 g/mol. The first kappa shape index (κ1) is 31.5. The van der Waals surface area contributed by atoms with Gasteiger partial charge in [-0.3, -0.25) is 19.3 Å². The Bertz CT molecular complexity index is 1940. The van der Waals surface area contributed by atoms with Gasteiger partial charge in [0.15, 0.2) is 5.69 Å². The largest absolute Gasteiger partial charge is 0.496 e. The molecule has 2 amide bonds. The zero-order valence-electron chi connectivity index (χ0n) is 26.1. The van der Waals surface area contributed by atoms with Crippen LogP contribution in [0.4, 0.5) is 17.1 Å². The van der Waals surface area contributed by atoms with E-state index < -0.39 is 5.91 Å². The van der Waals surface area contributed by atoms with Crippen LogP contribution in [0, 0.1) is 6.92 Å². The first-order chi connectivity index (χ1) is 22.8. The van der Waals surface area contributed by atoms with Crippen LogP contribution in [0.1, 0.15) is 37.8 Å². The molecule has 1 aliphatic rings. The van der Waals surface area contributed by atoms with Gasteiger partial charge in [0.25, 0.3) is 11.8 Å². The first-order valence-corrected chi connectivity index (χ1v) is 15.3. The predicted molar refractivity (Wildman–Crippen MR) is 180 cm³/mol. The molecule has 0 saturated carbocycles. The molecule has 1 aliphatic heterocycles. The molecule has 2 aromatic carbocycles. The van der Waals surface area contributed by atoms with Crippen molar-refractivity contribution in [3.05, 3.63) is 106 Å². The van der Waals surface area contributed by atoms with Crippen molar-refractivity contribution in [1.82, 2.24) is 25.1 Å². The molecule has 0 spiro atoms. The second-order valence-corrected chi connectivity index (χ2v) is 11.2. The van der Waals surface area contributed by atoms with Crippen LogP contribution in [0.25, 0.3) is 11.1 Å². The number of rotatable bonds is 10. The topological polar surface area (TPSA) is 144 Å². The Kier molecular flexibility index (Phi) is 9.32. The summed E-state index contributed by atoms with van der Waals surface area (Å²) in [6.07, 6.45) is 3.26. The number of pyridine rings is 2. The van der Waals surface area contributed by atoms with Crippen molar-refractivity contribution in [3.8, 4) is 22.8 Å². The molecule has 0 unspecified atom stereocenters. The molecule has 0 fully saturated rings. The maximum Gasteiger partial charge on any atom is 0.276 e. The highest BCUT2D eigenvalue weighted by Crippen LogP contribution is 2.37. The number of fused-ring (bicyclic) bond motifs is 1. The van der Waals surface area contributed by atoms with Gasteiger partial charge in [0.05, 0.1) is 37.2 Å². The molecule has 47 heavy (non-hydrogen) atoms. The van der Waals surface area contributed by atoms with Crippen LogP contribution in [-0.2, 0) is 19.6 Å². The van der Waals surface area contributed by atoms with Crippen LogP contribution in [0.15, 0.2) is 73.1 Å². The molecule has 0 saturated heterocycles. The molecule has 3 aromatic heterocycles. The summed E-state index contributed by atoms with van der Waals surface area (Å²) in [6.45, 7) is 4.49. The molecule has 5 aromatic rings. The van der Waals surface area contributed by atoms with Gasteiger partial charge in [0.1, 0.15) is 11.4 Å². The lowest BCUT2D eigenvalue weighted by atomic mass is 9.98. The molecule has 6 rings (SSSR count). The summed E-state index contributed by atoms with van der Waals surface area (Å²) in [4.78, 5) is 34.9. The maximum absolute atomic E-state index is 13.3. The summed E-state index contributed by atoms with van der Waals surface area (Å²) < 4.78 is 12.6. The van der Waals surface area contributed by atoms with Gasteiger partial charge < -0.3 is 30.7 Å². The highest BCUT2D eigenvalue weighted by atomic mass is 35.5. The fourth-order valence-corrected chi connectivity index (χ4v) is 5.59.